The topological polar surface area (TPSA) is 32.3 Å². The third kappa shape index (κ3) is 5.82. The summed E-state index contributed by atoms with van der Waals surface area (Å²) in [6, 6.07) is 7.19. The van der Waals surface area contributed by atoms with E-state index in [1.807, 2.05) is 19.1 Å². The first-order valence-electron chi connectivity index (χ1n) is 5.75. The van der Waals surface area contributed by atoms with Gasteiger partial charge in [-0.1, -0.05) is 23.8 Å². The van der Waals surface area contributed by atoms with E-state index in [0.29, 0.717) is 5.56 Å². The molecular weight excluding hydrogens is 236 g/mol. The molecule has 1 aliphatic heterocycles. The Bertz CT molecular complexity index is 362. The monoisotopic (exact) mass is 254 g/mol. The van der Waals surface area contributed by atoms with Crippen LogP contribution < -0.4 is 5.32 Å². The Morgan fingerprint density at radius 3 is 2.35 bits per heavy atom. The van der Waals surface area contributed by atoms with Crippen molar-refractivity contribution in [2.45, 2.75) is 6.92 Å². The van der Waals surface area contributed by atoms with Crippen LogP contribution in [0, 0.1) is 6.92 Å². The first kappa shape index (κ1) is 14.2. The number of hydrogen-bond acceptors (Lipinski definition) is 3. The van der Waals surface area contributed by atoms with Crippen LogP contribution in [0.2, 0.25) is 0 Å². The van der Waals surface area contributed by atoms with E-state index >= 15 is 0 Å². The summed E-state index contributed by atoms with van der Waals surface area (Å²) in [7, 11) is 2.15. The molecule has 1 saturated heterocycles. The van der Waals surface area contributed by atoms with Gasteiger partial charge in [0.1, 0.15) is 0 Å². The fourth-order valence-electron chi connectivity index (χ4n) is 1.54. The molecule has 1 fully saturated rings. The minimum Gasteiger partial charge on any atom is -0.314 e. The SMILES string of the molecule is CN1CCNCC1.Cc1cccc(C(=O)Cl)c1. The smallest absolute Gasteiger partial charge is 0.252 e. The van der Waals surface area contributed by atoms with E-state index in [9.17, 15) is 4.79 Å². The molecule has 0 atom stereocenters. The lowest BCUT2D eigenvalue weighted by molar-refractivity contribution is 0.108. The standard InChI is InChI=1S/C8H7ClO.C5H12N2/c1-6-3-2-4-7(5-6)8(9)10;1-7-4-2-6-3-5-7/h2-5H,1H3;6H,2-5H2,1H3. The Morgan fingerprint density at radius 2 is 2.00 bits per heavy atom. The van der Waals surface area contributed by atoms with Crippen LogP contribution >= 0.6 is 11.6 Å². The quantitative estimate of drug-likeness (QED) is 0.777. The van der Waals surface area contributed by atoms with Crippen LogP contribution in [0.3, 0.4) is 0 Å². The number of nitrogens with one attached hydrogen (secondary N) is 1. The van der Waals surface area contributed by atoms with Gasteiger partial charge < -0.3 is 10.2 Å². The number of rotatable bonds is 1. The maximum Gasteiger partial charge on any atom is 0.252 e. The van der Waals surface area contributed by atoms with Crippen molar-refractivity contribution < 1.29 is 4.79 Å². The average Bonchev–Trinajstić information content (AvgIpc) is 2.31. The zero-order valence-corrected chi connectivity index (χ0v) is 11.1. The van der Waals surface area contributed by atoms with E-state index in [1.54, 1.807) is 12.1 Å². The van der Waals surface area contributed by atoms with Crippen molar-refractivity contribution >= 4 is 16.8 Å². The number of carbonyl (C=O) groups excluding carboxylic acids is 1. The van der Waals surface area contributed by atoms with Gasteiger partial charge in [-0.3, -0.25) is 4.79 Å². The molecule has 0 radical (unpaired) electrons. The van der Waals surface area contributed by atoms with Crippen molar-refractivity contribution in [3.05, 3.63) is 35.4 Å². The molecule has 0 unspecified atom stereocenters. The number of nitrogens with zero attached hydrogens (tertiary/aromatic N) is 1. The third-order valence-corrected chi connectivity index (χ3v) is 2.80. The highest BCUT2D eigenvalue weighted by Crippen LogP contribution is 2.05. The van der Waals surface area contributed by atoms with Crippen LogP contribution in [0.5, 0.6) is 0 Å². The summed E-state index contributed by atoms with van der Waals surface area (Å²) >= 11 is 5.24. The highest BCUT2D eigenvalue weighted by Gasteiger charge is 2.01. The van der Waals surface area contributed by atoms with E-state index in [2.05, 4.69) is 17.3 Å². The Hall–Kier alpha value is -0.900. The zero-order valence-electron chi connectivity index (χ0n) is 10.4. The summed E-state index contributed by atoms with van der Waals surface area (Å²) in [4.78, 5) is 12.9. The number of likely N-dealkylation sites (N-methyl/N-ethyl adjacent to an activating group) is 1. The van der Waals surface area contributed by atoms with Crippen molar-refractivity contribution in [1.82, 2.24) is 10.2 Å². The van der Waals surface area contributed by atoms with E-state index in [-0.39, 0.29) is 0 Å². The maximum absolute atomic E-state index is 10.6. The van der Waals surface area contributed by atoms with Crippen LogP contribution in [-0.2, 0) is 0 Å². The predicted octanol–water partition coefficient (Wildman–Crippen LogP) is 1.90. The zero-order chi connectivity index (χ0) is 12.7. The molecule has 1 heterocycles. The molecule has 1 aliphatic rings. The van der Waals surface area contributed by atoms with Gasteiger partial charge in [0, 0.05) is 31.7 Å². The first-order chi connectivity index (χ1) is 8.09. The van der Waals surface area contributed by atoms with Crippen molar-refractivity contribution in [3.63, 3.8) is 0 Å². The Balaban J connectivity index is 0.000000181. The molecule has 94 valence electrons. The van der Waals surface area contributed by atoms with Crippen LogP contribution in [0.15, 0.2) is 24.3 Å². The Kier molecular flexibility index (Phi) is 6.19. The molecule has 0 aliphatic carbocycles. The highest BCUT2D eigenvalue weighted by atomic mass is 35.5. The Labute approximate surface area is 108 Å². The summed E-state index contributed by atoms with van der Waals surface area (Å²) < 4.78 is 0. The van der Waals surface area contributed by atoms with Crippen LogP contribution in [0.1, 0.15) is 15.9 Å². The lowest BCUT2D eigenvalue weighted by atomic mass is 10.2. The van der Waals surface area contributed by atoms with Crippen molar-refractivity contribution in [3.8, 4) is 0 Å². The second-order valence-electron chi connectivity index (χ2n) is 4.20. The number of halogens is 1. The molecule has 1 aromatic rings. The molecule has 3 nitrogen and oxygen atoms in total. The fourth-order valence-corrected chi connectivity index (χ4v) is 1.66. The molecule has 4 heteroatoms. The largest absolute Gasteiger partial charge is 0.314 e. The number of hydrogen-bond donors (Lipinski definition) is 1. The second kappa shape index (κ2) is 7.43. The van der Waals surface area contributed by atoms with E-state index in [0.717, 1.165) is 18.7 Å². The Morgan fingerprint density at radius 1 is 1.35 bits per heavy atom. The molecule has 1 N–H and O–H groups in total. The van der Waals surface area contributed by atoms with Gasteiger partial charge in [0.15, 0.2) is 0 Å². The van der Waals surface area contributed by atoms with Crippen LogP contribution in [0.25, 0.3) is 0 Å². The molecule has 0 bridgehead atoms. The van der Waals surface area contributed by atoms with Crippen LogP contribution in [-0.4, -0.2) is 43.4 Å². The third-order valence-electron chi connectivity index (χ3n) is 2.59. The lowest BCUT2D eigenvalue weighted by Gasteiger charge is -2.21. The molecule has 1 aromatic carbocycles. The summed E-state index contributed by atoms with van der Waals surface area (Å²) in [6.45, 7) is 6.66. The van der Waals surface area contributed by atoms with Crippen molar-refractivity contribution in [2.75, 3.05) is 33.2 Å². The van der Waals surface area contributed by atoms with Gasteiger partial charge in [-0.15, -0.1) is 0 Å². The van der Waals surface area contributed by atoms with Gasteiger partial charge in [-0.25, -0.2) is 0 Å². The number of aryl methyl sites for hydroxylation is 1. The summed E-state index contributed by atoms with van der Waals surface area (Å²) in [5.74, 6) is 0. The molecule has 2 rings (SSSR count). The molecule has 0 saturated carbocycles. The van der Waals surface area contributed by atoms with Gasteiger partial charge in [-0.2, -0.15) is 0 Å². The minimum absolute atomic E-state index is 0.399. The summed E-state index contributed by atoms with van der Waals surface area (Å²) in [5, 5.41) is 2.87. The summed E-state index contributed by atoms with van der Waals surface area (Å²) in [5.41, 5.74) is 1.60. The highest BCUT2D eigenvalue weighted by molar-refractivity contribution is 6.67. The van der Waals surface area contributed by atoms with E-state index in [1.165, 1.54) is 13.1 Å². The number of benzene rings is 1. The summed E-state index contributed by atoms with van der Waals surface area (Å²) in [6.07, 6.45) is 0. The normalized spacial score (nSPS) is 15.9. The van der Waals surface area contributed by atoms with Gasteiger partial charge >= 0.3 is 0 Å². The molecular formula is C13H19ClN2O. The maximum atomic E-state index is 10.6. The molecule has 0 aromatic heterocycles. The molecule has 17 heavy (non-hydrogen) atoms. The molecule has 0 amide bonds. The van der Waals surface area contributed by atoms with E-state index in [4.69, 9.17) is 11.6 Å². The van der Waals surface area contributed by atoms with E-state index < -0.39 is 5.24 Å². The van der Waals surface area contributed by atoms with Gasteiger partial charge in [0.05, 0.1) is 0 Å². The van der Waals surface area contributed by atoms with Crippen LogP contribution in [0.4, 0.5) is 0 Å². The minimum atomic E-state index is -0.399. The lowest BCUT2D eigenvalue weighted by Crippen LogP contribution is -2.40. The number of carbonyl (C=O) groups is 1. The van der Waals surface area contributed by atoms with Gasteiger partial charge in [0.2, 0.25) is 0 Å². The van der Waals surface area contributed by atoms with Gasteiger partial charge in [-0.05, 0) is 31.6 Å². The fraction of sp³-hybridized carbons (Fsp3) is 0.462. The molecule has 0 spiro atoms. The van der Waals surface area contributed by atoms with Crippen molar-refractivity contribution in [1.29, 1.82) is 0 Å². The number of piperazine rings is 1. The second-order valence-corrected chi connectivity index (χ2v) is 4.54. The van der Waals surface area contributed by atoms with Crippen molar-refractivity contribution in [2.24, 2.45) is 0 Å². The van der Waals surface area contributed by atoms with Gasteiger partial charge in [0.25, 0.3) is 5.24 Å². The predicted molar refractivity (Wildman–Crippen MR) is 71.7 cm³/mol. The average molecular weight is 255 g/mol. The first-order valence-corrected chi connectivity index (χ1v) is 6.13.